The summed E-state index contributed by atoms with van der Waals surface area (Å²) in [6.07, 6.45) is 0.369. The first kappa shape index (κ1) is 15.3. The zero-order chi connectivity index (χ0) is 15.2. The van der Waals surface area contributed by atoms with Gasteiger partial charge in [-0.1, -0.05) is 33.2 Å². The van der Waals surface area contributed by atoms with Crippen molar-refractivity contribution in [1.82, 2.24) is 0 Å². The first-order valence-corrected chi connectivity index (χ1v) is 6.99. The van der Waals surface area contributed by atoms with Gasteiger partial charge in [0.2, 0.25) is 0 Å². The molecule has 0 aliphatic heterocycles. The highest BCUT2D eigenvalue weighted by molar-refractivity contribution is 9.10. The molecule has 0 unspecified atom stereocenters. The van der Waals surface area contributed by atoms with Crippen molar-refractivity contribution in [2.24, 2.45) is 10.9 Å². The smallest absolute Gasteiger partial charge is 0.143 e. The molecule has 2 rings (SSSR count). The van der Waals surface area contributed by atoms with Crippen LogP contribution in [-0.4, -0.2) is 11.0 Å². The van der Waals surface area contributed by atoms with Gasteiger partial charge in [-0.25, -0.2) is 4.39 Å². The minimum absolute atomic E-state index is 0.147. The van der Waals surface area contributed by atoms with Crippen LogP contribution in [0.25, 0.3) is 0 Å². The van der Waals surface area contributed by atoms with E-state index in [0.29, 0.717) is 16.6 Å². The SMILES string of the molecule is NC(Cc1ccc(OCc2cc(F)cc(Br)c2)cc1)=NO. The van der Waals surface area contributed by atoms with Gasteiger partial charge in [0.15, 0.2) is 0 Å². The second-order valence-corrected chi connectivity index (χ2v) is 5.39. The van der Waals surface area contributed by atoms with Gasteiger partial charge in [-0.05, 0) is 41.5 Å². The standard InChI is InChI=1S/C15H14BrFN2O2/c16-12-5-11(6-13(17)8-12)9-21-14-3-1-10(2-4-14)7-15(18)19-20/h1-6,8,20H,7,9H2,(H2,18,19). The molecular formula is C15H14BrFN2O2. The van der Waals surface area contributed by atoms with Gasteiger partial charge in [-0.2, -0.15) is 0 Å². The third-order valence-corrected chi connectivity index (χ3v) is 3.22. The molecule has 0 saturated carbocycles. The van der Waals surface area contributed by atoms with Crippen LogP contribution < -0.4 is 10.5 Å². The third kappa shape index (κ3) is 4.75. The lowest BCUT2D eigenvalue weighted by atomic mass is 10.1. The molecule has 2 aromatic carbocycles. The number of ether oxygens (including phenoxy) is 1. The Morgan fingerprint density at radius 3 is 2.52 bits per heavy atom. The van der Waals surface area contributed by atoms with Crippen molar-refractivity contribution in [3.8, 4) is 5.75 Å². The highest BCUT2D eigenvalue weighted by Gasteiger charge is 2.02. The number of rotatable bonds is 5. The Hall–Kier alpha value is -2.08. The quantitative estimate of drug-likeness (QED) is 0.374. The van der Waals surface area contributed by atoms with Crippen LogP contribution in [0.4, 0.5) is 4.39 Å². The number of halogens is 2. The van der Waals surface area contributed by atoms with Crippen molar-refractivity contribution in [2.45, 2.75) is 13.0 Å². The van der Waals surface area contributed by atoms with E-state index in [1.165, 1.54) is 12.1 Å². The van der Waals surface area contributed by atoms with E-state index in [0.717, 1.165) is 11.1 Å². The van der Waals surface area contributed by atoms with Gasteiger partial charge in [0, 0.05) is 10.9 Å². The summed E-state index contributed by atoms with van der Waals surface area (Å²) < 4.78 is 19.5. The number of nitrogens with zero attached hydrogens (tertiary/aromatic N) is 1. The van der Waals surface area contributed by atoms with Gasteiger partial charge in [0.05, 0.1) is 0 Å². The minimum Gasteiger partial charge on any atom is -0.489 e. The predicted molar refractivity (Wildman–Crippen MR) is 82.0 cm³/mol. The molecule has 0 aromatic heterocycles. The van der Waals surface area contributed by atoms with Crippen LogP contribution in [-0.2, 0) is 13.0 Å². The van der Waals surface area contributed by atoms with Crippen molar-refractivity contribution in [3.63, 3.8) is 0 Å². The Bertz CT molecular complexity index is 624. The first-order valence-electron chi connectivity index (χ1n) is 6.20. The maximum atomic E-state index is 13.2. The molecule has 0 amide bonds. The van der Waals surface area contributed by atoms with Gasteiger partial charge in [0.25, 0.3) is 0 Å². The van der Waals surface area contributed by atoms with Crippen LogP contribution in [0.2, 0.25) is 0 Å². The molecule has 2 aromatic rings. The Balaban J connectivity index is 1.97. The molecule has 0 aliphatic rings. The third-order valence-electron chi connectivity index (χ3n) is 2.76. The fourth-order valence-electron chi connectivity index (χ4n) is 1.81. The van der Waals surface area contributed by atoms with E-state index in [9.17, 15) is 4.39 Å². The molecule has 0 atom stereocenters. The van der Waals surface area contributed by atoms with Crippen molar-refractivity contribution in [3.05, 3.63) is 63.9 Å². The van der Waals surface area contributed by atoms with Gasteiger partial charge < -0.3 is 15.7 Å². The monoisotopic (exact) mass is 352 g/mol. The summed E-state index contributed by atoms with van der Waals surface area (Å²) in [5, 5.41) is 11.4. The topological polar surface area (TPSA) is 67.8 Å². The summed E-state index contributed by atoms with van der Waals surface area (Å²) in [5.41, 5.74) is 7.08. The molecular weight excluding hydrogens is 339 g/mol. The lowest BCUT2D eigenvalue weighted by Crippen LogP contribution is -2.14. The van der Waals surface area contributed by atoms with Crippen molar-refractivity contribution >= 4 is 21.8 Å². The Labute approximate surface area is 130 Å². The molecule has 0 fully saturated rings. The highest BCUT2D eigenvalue weighted by Crippen LogP contribution is 2.18. The zero-order valence-electron chi connectivity index (χ0n) is 11.1. The fraction of sp³-hybridized carbons (Fsp3) is 0.133. The summed E-state index contributed by atoms with van der Waals surface area (Å²) in [6.45, 7) is 0.274. The molecule has 0 saturated heterocycles. The second kappa shape index (κ2) is 7.08. The van der Waals surface area contributed by atoms with E-state index in [-0.39, 0.29) is 18.3 Å². The molecule has 3 N–H and O–H groups in total. The van der Waals surface area contributed by atoms with Crippen molar-refractivity contribution < 1.29 is 14.3 Å². The number of nitrogens with two attached hydrogens (primary N) is 1. The number of hydrogen-bond acceptors (Lipinski definition) is 3. The number of benzene rings is 2. The maximum absolute atomic E-state index is 13.2. The number of hydrogen-bond donors (Lipinski definition) is 2. The Morgan fingerprint density at radius 1 is 1.19 bits per heavy atom. The largest absolute Gasteiger partial charge is 0.489 e. The van der Waals surface area contributed by atoms with Gasteiger partial charge >= 0.3 is 0 Å². The summed E-state index contributed by atoms with van der Waals surface area (Å²) in [7, 11) is 0. The lowest BCUT2D eigenvalue weighted by Gasteiger charge is -2.08. The van der Waals surface area contributed by atoms with E-state index in [4.69, 9.17) is 15.7 Å². The van der Waals surface area contributed by atoms with Crippen LogP contribution >= 0.6 is 15.9 Å². The lowest BCUT2D eigenvalue weighted by molar-refractivity contribution is 0.305. The van der Waals surface area contributed by atoms with Gasteiger partial charge in [0.1, 0.15) is 24.0 Å². The van der Waals surface area contributed by atoms with E-state index in [1.807, 2.05) is 12.1 Å². The average molecular weight is 353 g/mol. The number of amidine groups is 1. The molecule has 110 valence electrons. The van der Waals surface area contributed by atoms with E-state index < -0.39 is 0 Å². The summed E-state index contributed by atoms with van der Waals surface area (Å²) >= 11 is 3.24. The van der Waals surface area contributed by atoms with Gasteiger partial charge in [-0.3, -0.25) is 0 Å². The summed E-state index contributed by atoms with van der Waals surface area (Å²) in [6, 6.07) is 11.9. The number of oxime groups is 1. The highest BCUT2D eigenvalue weighted by atomic mass is 79.9. The molecule has 21 heavy (non-hydrogen) atoms. The molecule has 0 aliphatic carbocycles. The Morgan fingerprint density at radius 2 is 1.90 bits per heavy atom. The van der Waals surface area contributed by atoms with Crippen LogP contribution in [0, 0.1) is 5.82 Å². The van der Waals surface area contributed by atoms with E-state index in [1.54, 1.807) is 18.2 Å². The maximum Gasteiger partial charge on any atom is 0.143 e. The molecule has 0 heterocycles. The second-order valence-electron chi connectivity index (χ2n) is 4.48. The summed E-state index contributed by atoms with van der Waals surface area (Å²) in [5.74, 6) is 0.504. The summed E-state index contributed by atoms with van der Waals surface area (Å²) in [4.78, 5) is 0. The fourth-order valence-corrected chi connectivity index (χ4v) is 2.32. The molecule has 6 heteroatoms. The first-order chi connectivity index (χ1) is 10.1. The minimum atomic E-state index is -0.308. The molecule has 0 radical (unpaired) electrons. The molecule has 0 spiro atoms. The van der Waals surface area contributed by atoms with Gasteiger partial charge in [-0.15, -0.1) is 0 Å². The van der Waals surface area contributed by atoms with Crippen LogP contribution in [0.1, 0.15) is 11.1 Å². The predicted octanol–water partition coefficient (Wildman–Crippen LogP) is 3.46. The van der Waals surface area contributed by atoms with E-state index in [2.05, 4.69) is 21.1 Å². The van der Waals surface area contributed by atoms with Crippen molar-refractivity contribution in [2.75, 3.05) is 0 Å². The van der Waals surface area contributed by atoms with Crippen LogP contribution in [0.3, 0.4) is 0 Å². The van der Waals surface area contributed by atoms with Crippen molar-refractivity contribution in [1.29, 1.82) is 0 Å². The van der Waals surface area contributed by atoms with Crippen LogP contribution in [0.15, 0.2) is 52.1 Å². The Kier molecular flexibility index (Phi) is 5.16. The molecule has 0 bridgehead atoms. The van der Waals surface area contributed by atoms with E-state index >= 15 is 0 Å². The zero-order valence-corrected chi connectivity index (χ0v) is 12.7. The average Bonchev–Trinajstić information content (AvgIpc) is 2.45. The van der Waals surface area contributed by atoms with Crippen LogP contribution in [0.5, 0.6) is 5.75 Å². The normalized spacial score (nSPS) is 11.4. The molecule has 4 nitrogen and oxygen atoms in total.